The van der Waals surface area contributed by atoms with Crippen LogP contribution in [0, 0.1) is 19.8 Å². The van der Waals surface area contributed by atoms with E-state index in [2.05, 4.69) is 10.2 Å². The molecule has 2 rings (SSSR count). The van der Waals surface area contributed by atoms with Crippen molar-refractivity contribution in [2.24, 2.45) is 11.1 Å². The average Bonchev–Trinajstić information content (AvgIpc) is 2.94. The Morgan fingerprint density at radius 1 is 1.48 bits per heavy atom. The highest BCUT2D eigenvalue weighted by atomic mass is 32.2. The number of rotatable bonds is 5. The van der Waals surface area contributed by atoms with Crippen molar-refractivity contribution in [3.63, 3.8) is 0 Å². The van der Waals surface area contributed by atoms with E-state index in [1.54, 1.807) is 4.90 Å². The summed E-state index contributed by atoms with van der Waals surface area (Å²) >= 11 is 0. The van der Waals surface area contributed by atoms with Crippen molar-refractivity contribution >= 4 is 15.9 Å². The zero-order valence-electron chi connectivity index (χ0n) is 12.4. The van der Waals surface area contributed by atoms with Crippen molar-refractivity contribution in [2.45, 2.75) is 33.1 Å². The first-order chi connectivity index (χ1) is 9.76. The van der Waals surface area contributed by atoms with E-state index in [0.29, 0.717) is 32.4 Å². The highest BCUT2D eigenvalue weighted by molar-refractivity contribution is 7.89. The molecule has 1 atom stereocenters. The summed E-state index contributed by atoms with van der Waals surface area (Å²) in [5.74, 6) is -0.0423. The average molecular weight is 314 g/mol. The Balaban J connectivity index is 1.83. The third kappa shape index (κ3) is 4.28. The van der Waals surface area contributed by atoms with Gasteiger partial charge in [0, 0.05) is 31.6 Å². The van der Waals surface area contributed by atoms with Gasteiger partial charge in [-0.25, -0.2) is 13.6 Å². The summed E-state index contributed by atoms with van der Waals surface area (Å²) in [6.07, 6.45) is 1.70. The largest absolute Gasteiger partial charge is 0.342 e. The summed E-state index contributed by atoms with van der Waals surface area (Å²) in [6, 6.07) is 0. The minimum Gasteiger partial charge on any atom is -0.342 e. The number of carbonyl (C=O) groups excluding carboxylic acids is 1. The minimum absolute atomic E-state index is 0.0432. The van der Waals surface area contributed by atoms with Crippen LogP contribution in [0.3, 0.4) is 0 Å². The number of hydrogen-bond donors (Lipinski definition) is 2. The maximum atomic E-state index is 12.2. The van der Waals surface area contributed by atoms with Crippen molar-refractivity contribution in [1.29, 1.82) is 0 Å². The SMILES string of the molecule is Cc1[nH]nc(CCC(=O)N2CC[C@@H](CS(N)(=O)=O)C2)c1C. The molecule has 0 saturated carbocycles. The van der Waals surface area contributed by atoms with E-state index in [-0.39, 0.29) is 17.6 Å². The number of H-pyrrole nitrogens is 1. The lowest BCUT2D eigenvalue weighted by Crippen LogP contribution is -2.31. The number of sulfonamides is 1. The fourth-order valence-electron chi connectivity index (χ4n) is 2.69. The highest BCUT2D eigenvalue weighted by Crippen LogP contribution is 2.19. The van der Waals surface area contributed by atoms with Crippen molar-refractivity contribution < 1.29 is 13.2 Å². The van der Waals surface area contributed by atoms with Gasteiger partial charge in [0.15, 0.2) is 0 Å². The van der Waals surface area contributed by atoms with E-state index in [1.807, 2.05) is 13.8 Å². The summed E-state index contributed by atoms with van der Waals surface area (Å²) in [5, 5.41) is 12.1. The summed E-state index contributed by atoms with van der Waals surface area (Å²) in [6.45, 7) is 5.02. The molecule has 1 aliphatic heterocycles. The molecule has 1 fully saturated rings. The maximum absolute atomic E-state index is 12.2. The van der Waals surface area contributed by atoms with Gasteiger partial charge in [0.2, 0.25) is 15.9 Å². The second-order valence-electron chi connectivity index (χ2n) is 5.74. The number of likely N-dealkylation sites (tertiary alicyclic amines) is 1. The van der Waals surface area contributed by atoms with Crippen molar-refractivity contribution in [3.05, 3.63) is 17.0 Å². The first-order valence-corrected chi connectivity index (χ1v) is 8.76. The van der Waals surface area contributed by atoms with Gasteiger partial charge in [0.1, 0.15) is 0 Å². The topological polar surface area (TPSA) is 109 Å². The van der Waals surface area contributed by atoms with E-state index in [0.717, 1.165) is 17.0 Å². The molecule has 118 valence electrons. The molecule has 0 aliphatic carbocycles. The smallest absolute Gasteiger partial charge is 0.222 e. The van der Waals surface area contributed by atoms with Crippen LogP contribution in [0.1, 0.15) is 29.8 Å². The van der Waals surface area contributed by atoms with Crippen LogP contribution in [0.25, 0.3) is 0 Å². The van der Waals surface area contributed by atoms with Gasteiger partial charge in [-0.3, -0.25) is 9.89 Å². The highest BCUT2D eigenvalue weighted by Gasteiger charge is 2.28. The quantitative estimate of drug-likeness (QED) is 0.803. The molecule has 1 aromatic heterocycles. The van der Waals surface area contributed by atoms with E-state index in [4.69, 9.17) is 5.14 Å². The predicted molar refractivity (Wildman–Crippen MR) is 79.0 cm³/mol. The van der Waals surface area contributed by atoms with E-state index >= 15 is 0 Å². The summed E-state index contributed by atoms with van der Waals surface area (Å²) in [4.78, 5) is 13.9. The number of amides is 1. The number of primary sulfonamides is 1. The minimum atomic E-state index is -3.47. The van der Waals surface area contributed by atoms with E-state index in [1.165, 1.54) is 0 Å². The Kier molecular flexibility index (Phi) is 4.67. The molecular formula is C13H22N4O3S. The van der Waals surface area contributed by atoms with Gasteiger partial charge in [-0.2, -0.15) is 5.10 Å². The van der Waals surface area contributed by atoms with Crippen LogP contribution in [-0.4, -0.2) is 48.3 Å². The fraction of sp³-hybridized carbons (Fsp3) is 0.692. The van der Waals surface area contributed by atoms with Crippen LogP contribution < -0.4 is 5.14 Å². The van der Waals surface area contributed by atoms with E-state index in [9.17, 15) is 13.2 Å². The van der Waals surface area contributed by atoms with Crippen LogP contribution in [0.5, 0.6) is 0 Å². The number of aromatic nitrogens is 2. The lowest BCUT2D eigenvalue weighted by molar-refractivity contribution is -0.130. The van der Waals surface area contributed by atoms with Gasteiger partial charge in [-0.05, 0) is 31.7 Å². The molecule has 0 bridgehead atoms. The number of carbonyl (C=O) groups is 1. The number of aryl methyl sites for hydroxylation is 2. The van der Waals surface area contributed by atoms with Crippen LogP contribution in [0.2, 0.25) is 0 Å². The molecule has 2 heterocycles. The molecule has 7 nitrogen and oxygen atoms in total. The van der Waals surface area contributed by atoms with Gasteiger partial charge in [0.25, 0.3) is 0 Å². The first-order valence-electron chi connectivity index (χ1n) is 7.05. The Morgan fingerprint density at radius 2 is 2.19 bits per heavy atom. The molecule has 0 aromatic carbocycles. The molecule has 1 aromatic rings. The van der Waals surface area contributed by atoms with Crippen LogP contribution in [0.15, 0.2) is 0 Å². The number of nitrogens with two attached hydrogens (primary N) is 1. The summed E-state index contributed by atoms with van der Waals surface area (Å²) < 4.78 is 22.2. The normalized spacial score (nSPS) is 19.2. The Bertz CT molecular complexity index is 623. The Labute approximate surface area is 124 Å². The molecule has 1 amide bonds. The third-order valence-corrected chi connectivity index (χ3v) is 4.97. The maximum Gasteiger partial charge on any atom is 0.222 e. The molecule has 1 saturated heterocycles. The number of hydrogen-bond acceptors (Lipinski definition) is 4. The second-order valence-corrected chi connectivity index (χ2v) is 7.40. The van der Waals surface area contributed by atoms with Gasteiger partial charge in [0.05, 0.1) is 11.4 Å². The molecule has 0 radical (unpaired) electrons. The molecular weight excluding hydrogens is 292 g/mol. The standard InChI is InChI=1S/C13H22N4O3S/c1-9-10(2)15-16-12(9)3-4-13(18)17-6-5-11(7-17)8-21(14,19)20/h11H,3-8H2,1-2H3,(H,15,16)(H2,14,19,20)/t11-/m1/s1. The number of nitrogens with zero attached hydrogens (tertiary/aromatic N) is 2. The zero-order valence-corrected chi connectivity index (χ0v) is 13.2. The van der Waals surface area contributed by atoms with Crippen molar-refractivity contribution in [1.82, 2.24) is 15.1 Å². The van der Waals surface area contributed by atoms with Crippen molar-refractivity contribution in [2.75, 3.05) is 18.8 Å². The summed E-state index contributed by atoms with van der Waals surface area (Å²) in [7, 11) is -3.47. The molecule has 0 unspecified atom stereocenters. The van der Waals surface area contributed by atoms with Crippen molar-refractivity contribution in [3.8, 4) is 0 Å². The van der Waals surface area contributed by atoms with Crippen LogP contribution in [-0.2, 0) is 21.2 Å². The monoisotopic (exact) mass is 314 g/mol. The van der Waals surface area contributed by atoms with Gasteiger partial charge in [-0.1, -0.05) is 0 Å². The molecule has 0 spiro atoms. The lowest BCUT2D eigenvalue weighted by atomic mass is 10.1. The summed E-state index contributed by atoms with van der Waals surface area (Å²) in [5.41, 5.74) is 3.03. The Morgan fingerprint density at radius 3 is 2.76 bits per heavy atom. The van der Waals surface area contributed by atoms with Gasteiger partial charge < -0.3 is 4.90 Å². The predicted octanol–water partition coefficient (Wildman–Crippen LogP) is 0.0961. The zero-order chi connectivity index (χ0) is 15.6. The third-order valence-electron chi connectivity index (χ3n) is 4.04. The van der Waals surface area contributed by atoms with Gasteiger partial charge >= 0.3 is 0 Å². The number of nitrogens with one attached hydrogen (secondary N) is 1. The number of aromatic amines is 1. The van der Waals surface area contributed by atoms with E-state index < -0.39 is 10.0 Å². The fourth-order valence-corrected chi connectivity index (χ4v) is 3.62. The van der Waals surface area contributed by atoms with Crippen LogP contribution in [0.4, 0.5) is 0 Å². The molecule has 3 N–H and O–H groups in total. The first kappa shape index (κ1) is 16.0. The second kappa shape index (κ2) is 6.15. The lowest BCUT2D eigenvalue weighted by Gasteiger charge is -2.16. The van der Waals surface area contributed by atoms with Gasteiger partial charge in [-0.15, -0.1) is 0 Å². The Hall–Kier alpha value is -1.41. The molecule has 1 aliphatic rings. The molecule has 21 heavy (non-hydrogen) atoms. The van der Waals surface area contributed by atoms with Crippen LogP contribution >= 0.6 is 0 Å². The molecule has 8 heteroatoms.